The van der Waals surface area contributed by atoms with Crippen molar-refractivity contribution in [3.63, 3.8) is 0 Å². The molecule has 0 aromatic heterocycles. The predicted octanol–water partition coefficient (Wildman–Crippen LogP) is 3.48. The number of hydrogen-bond acceptors (Lipinski definition) is 3. The van der Waals surface area contributed by atoms with Crippen LogP contribution >= 0.6 is 0 Å². The Labute approximate surface area is 153 Å². The average Bonchev–Trinajstić information content (AvgIpc) is 2.62. The number of carboxylic acid groups (broad SMARTS) is 1. The molecule has 2 atom stereocenters. The van der Waals surface area contributed by atoms with Gasteiger partial charge in [-0.1, -0.05) is 37.3 Å². The molecule has 1 aliphatic heterocycles. The number of piperidine rings is 1. The lowest BCUT2D eigenvalue weighted by molar-refractivity contribution is -0.144. The maximum atomic E-state index is 12.4. The van der Waals surface area contributed by atoms with E-state index in [4.69, 9.17) is 0 Å². The monoisotopic (exact) mass is 352 g/mol. The maximum absolute atomic E-state index is 12.4. The van der Waals surface area contributed by atoms with E-state index in [2.05, 4.69) is 17.1 Å². The number of nitrogens with one attached hydrogen (secondary N) is 1. The first-order chi connectivity index (χ1) is 12.5. The van der Waals surface area contributed by atoms with Gasteiger partial charge in [0.05, 0.1) is 5.92 Å². The van der Waals surface area contributed by atoms with Crippen LogP contribution in [0.15, 0.2) is 54.6 Å². The largest absolute Gasteiger partial charge is 0.481 e. The summed E-state index contributed by atoms with van der Waals surface area (Å²) < 4.78 is 0. The van der Waals surface area contributed by atoms with Crippen LogP contribution < -0.4 is 5.32 Å². The minimum Gasteiger partial charge on any atom is -0.481 e. The number of anilines is 1. The highest BCUT2D eigenvalue weighted by Gasteiger charge is 2.29. The van der Waals surface area contributed by atoms with E-state index in [1.165, 1.54) is 0 Å². The van der Waals surface area contributed by atoms with Crippen molar-refractivity contribution in [2.75, 3.05) is 18.4 Å². The minimum absolute atomic E-state index is 0.145. The molecule has 0 saturated carbocycles. The van der Waals surface area contributed by atoms with Crippen molar-refractivity contribution in [3.8, 4) is 0 Å². The molecular weight excluding hydrogens is 328 g/mol. The first-order valence-electron chi connectivity index (χ1n) is 8.92. The number of hydrogen-bond donors (Lipinski definition) is 2. The molecule has 2 aromatic carbocycles. The van der Waals surface area contributed by atoms with Crippen molar-refractivity contribution < 1.29 is 14.7 Å². The van der Waals surface area contributed by atoms with Crippen LogP contribution in [-0.2, 0) is 11.3 Å². The second-order valence-corrected chi connectivity index (χ2v) is 7.09. The molecule has 0 bridgehead atoms. The van der Waals surface area contributed by atoms with Crippen molar-refractivity contribution in [2.45, 2.75) is 19.9 Å². The van der Waals surface area contributed by atoms with Gasteiger partial charge in [-0.3, -0.25) is 14.5 Å². The number of likely N-dealkylation sites (tertiary alicyclic amines) is 1. The smallest absolute Gasteiger partial charge is 0.307 e. The van der Waals surface area contributed by atoms with Gasteiger partial charge in [0.1, 0.15) is 0 Å². The fourth-order valence-electron chi connectivity index (χ4n) is 3.56. The maximum Gasteiger partial charge on any atom is 0.307 e. The molecule has 1 aliphatic rings. The number of rotatable bonds is 5. The SMILES string of the molecule is CC1CC(C(=O)O)CN(Cc2cccc(C(=O)Nc3ccccc3)c2)C1. The highest BCUT2D eigenvalue weighted by Crippen LogP contribution is 2.23. The summed E-state index contributed by atoms with van der Waals surface area (Å²) in [5, 5.41) is 12.2. The quantitative estimate of drug-likeness (QED) is 0.864. The number of aliphatic carboxylic acids is 1. The Balaban J connectivity index is 1.67. The molecule has 2 unspecified atom stereocenters. The zero-order valence-corrected chi connectivity index (χ0v) is 14.9. The van der Waals surface area contributed by atoms with Crippen molar-refractivity contribution in [1.82, 2.24) is 4.90 Å². The summed E-state index contributed by atoms with van der Waals surface area (Å²) in [4.78, 5) is 26.0. The van der Waals surface area contributed by atoms with Gasteiger partial charge in [0.15, 0.2) is 0 Å². The fourth-order valence-corrected chi connectivity index (χ4v) is 3.56. The second kappa shape index (κ2) is 8.15. The predicted molar refractivity (Wildman–Crippen MR) is 101 cm³/mol. The third-order valence-corrected chi connectivity index (χ3v) is 4.71. The van der Waals surface area contributed by atoms with E-state index >= 15 is 0 Å². The lowest BCUT2D eigenvalue weighted by Gasteiger charge is -2.34. The molecule has 5 heteroatoms. The molecule has 136 valence electrons. The fraction of sp³-hybridized carbons (Fsp3) is 0.333. The van der Waals surface area contributed by atoms with Crippen molar-refractivity contribution >= 4 is 17.6 Å². The van der Waals surface area contributed by atoms with Gasteiger partial charge in [0.25, 0.3) is 5.91 Å². The van der Waals surface area contributed by atoms with Crippen molar-refractivity contribution in [1.29, 1.82) is 0 Å². The molecule has 2 N–H and O–H groups in total. The van der Waals surface area contributed by atoms with Crippen LogP contribution in [0, 0.1) is 11.8 Å². The Morgan fingerprint density at radius 2 is 1.88 bits per heavy atom. The van der Waals surface area contributed by atoms with Gasteiger partial charge in [-0.05, 0) is 42.2 Å². The number of para-hydroxylation sites is 1. The number of benzene rings is 2. The van der Waals surface area contributed by atoms with Gasteiger partial charge >= 0.3 is 5.97 Å². The number of nitrogens with zero attached hydrogens (tertiary/aromatic N) is 1. The third kappa shape index (κ3) is 4.70. The Morgan fingerprint density at radius 1 is 1.12 bits per heavy atom. The summed E-state index contributed by atoms with van der Waals surface area (Å²) >= 11 is 0. The summed E-state index contributed by atoms with van der Waals surface area (Å²) in [5.41, 5.74) is 2.38. The summed E-state index contributed by atoms with van der Waals surface area (Å²) in [6.45, 7) is 4.18. The number of carbonyl (C=O) groups excluding carboxylic acids is 1. The highest BCUT2D eigenvalue weighted by molar-refractivity contribution is 6.04. The number of carboxylic acids is 1. The lowest BCUT2D eigenvalue weighted by Crippen LogP contribution is -2.41. The van der Waals surface area contributed by atoms with Crippen LogP contribution in [0.2, 0.25) is 0 Å². The molecule has 26 heavy (non-hydrogen) atoms. The van der Waals surface area contributed by atoms with Crippen LogP contribution in [-0.4, -0.2) is 35.0 Å². The standard InChI is InChI=1S/C21H24N2O3/c1-15-10-18(21(25)26)14-23(12-15)13-16-6-5-7-17(11-16)20(24)22-19-8-3-2-4-9-19/h2-9,11,15,18H,10,12-14H2,1H3,(H,22,24)(H,25,26). The Bertz CT molecular complexity index is 776. The van der Waals surface area contributed by atoms with E-state index in [1.807, 2.05) is 48.5 Å². The van der Waals surface area contributed by atoms with Crippen LogP contribution in [0.5, 0.6) is 0 Å². The molecular formula is C21H24N2O3. The lowest BCUT2D eigenvalue weighted by atomic mass is 9.90. The Hall–Kier alpha value is -2.66. The van der Waals surface area contributed by atoms with Gasteiger partial charge < -0.3 is 10.4 Å². The van der Waals surface area contributed by atoms with Gasteiger partial charge in [-0.2, -0.15) is 0 Å². The van der Waals surface area contributed by atoms with E-state index in [0.29, 0.717) is 24.6 Å². The van der Waals surface area contributed by atoms with Gasteiger partial charge in [-0.25, -0.2) is 0 Å². The minimum atomic E-state index is -0.725. The summed E-state index contributed by atoms with van der Waals surface area (Å²) in [5.74, 6) is -0.830. The van der Waals surface area contributed by atoms with E-state index < -0.39 is 5.97 Å². The van der Waals surface area contributed by atoms with Crippen LogP contribution in [0.1, 0.15) is 29.3 Å². The topological polar surface area (TPSA) is 69.6 Å². The molecule has 0 radical (unpaired) electrons. The zero-order chi connectivity index (χ0) is 18.5. The molecule has 0 spiro atoms. The average molecular weight is 352 g/mol. The van der Waals surface area contributed by atoms with Crippen LogP contribution in [0.3, 0.4) is 0 Å². The molecule has 1 fully saturated rings. The number of amides is 1. The number of carbonyl (C=O) groups is 2. The van der Waals surface area contributed by atoms with E-state index in [9.17, 15) is 14.7 Å². The van der Waals surface area contributed by atoms with Crippen molar-refractivity contribution in [2.24, 2.45) is 11.8 Å². The second-order valence-electron chi connectivity index (χ2n) is 7.09. The Morgan fingerprint density at radius 3 is 2.62 bits per heavy atom. The van der Waals surface area contributed by atoms with Crippen molar-refractivity contribution in [3.05, 3.63) is 65.7 Å². The summed E-state index contributed by atoms with van der Waals surface area (Å²) in [6.07, 6.45) is 0.728. The summed E-state index contributed by atoms with van der Waals surface area (Å²) in [7, 11) is 0. The molecule has 1 heterocycles. The third-order valence-electron chi connectivity index (χ3n) is 4.71. The zero-order valence-electron chi connectivity index (χ0n) is 14.9. The first-order valence-corrected chi connectivity index (χ1v) is 8.92. The molecule has 3 rings (SSSR count). The molecule has 1 amide bonds. The van der Waals surface area contributed by atoms with Crippen LogP contribution in [0.4, 0.5) is 5.69 Å². The normalized spacial score (nSPS) is 20.5. The van der Waals surface area contributed by atoms with E-state index in [-0.39, 0.29) is 11.8 Å². The van der Waals surface area contributed by atoms with E-state index in [0.717, 1.165) is 24.2 Å². The summed E-state index contributed by atoms with van der Waals surface area (Å²) in [6, 6.07) is 16.9. The molecule has 2 aromatic rings. The van der Waals surface area contributed by atoms with E-state index in [1.54, 1.807) is 6.07 Å². The first kappa shape index (κ1) is 18.1. The Kier molecular flexibility index (Phi) is 5.68. The molecule has 0 aliphatic carbocycles. The van der Waals surface area contributed by atoms with Gasteiger partial charge in [0.2, 0.25) is 0 Å². The van der Waals surface area contributed by atoms with Crippen LogP contribution in [0.25, 0.3) is 0 Å². The molecule has 5 nitrogen and oxygen atoms in total. The van der Waals surface area contributed by atoms with Gasteiger partial charge in [-0.15, -0.1) is 0 Å². The van der Waals surface area contributed by atoms with Gasteiger partial charge in [0, 0.05) is 30.9 Å². The molecule has 1 saturated heterocycles. The highest BCUT2D eigenvalue weighted by atomic mass is 16.4.